The first-order chi connectivity index (χ1) is 12.6. The van der Waals surface area contributed by atoms with Crippen molar-refractivity contribution in [3.63, 3.8) is 0 Å². The van der Waals surface area contributed by atoms with Gasteiger partial charge in [0.05, 0.1) is 19.2 Å². The largest absolute Gasteiger partial charge is 0.468 e. The van der Waals surface area contributed by atoms with Gasteiger partial charge in [-0.05, 0) is 23.3 Å². The second-order valence-corrected chi connectivity index (χ2v) is 5.96. The van der Waals surface area contributed by atoms with E-state index in [1.165, 1.54) is 14.2 Å². The van der Waals surface area contributed by atoms with Crippen LogP contribution in [-0.2, 0) is 19.1 Å². The van der Waals surface area contributed by atoms with Gasteiger partial charge in [-0.2, -0.15) is 0 Å². The van der Waals surface area contributed by atoms with Crippen LogP contribution < -0.4 is 0 Å². The van der Waals surface area contributed by atoms with E-state index < -0.39 is 23.8 Å². The summed E-state index contributed by atoms with van der Waals surface area (Å²) in [6.07, 6.45) is 6.45. The van der Waals surface area contributed by atoms with Crippen molar-refractivity contribution in [2.75, 3.05) is 14.2 Å². The number of rotatable bonds is 5. The third-order valence-corrected chi connectivity index (χ3v) is 4.49. The standard InChI is InChI=1S/C18H16ClN3O4/c1-25-17(23)15(18(24)26-2)13(10-4-3-6-20-8-10)11-9-22-16-14(11)12(19)5-7-21-16/h3-9,13,15H,1-2H3,(H,21,22). The minimum Gasteiger partial charge on any atom is -0.468 e. The van der Waals surface area contributed by atoms with Gasteiger partial charge in [0.1, 0.15) is 5.65 Å². The molecule has 0 bridgehead atoms. The van der Waals surface area contributed by atoms with Crippen LogP contribution in [-0.4, -0.2) is 41.1 Å². The monoisotopic (exact) mass is 373 g/mol. The number of fused-ring (bicyclic) bond motifs is 1. The summed E-state index contributed by atoms with van der Waals surface area (Å²) in [5, 5.41) is 1.08. The number of methoxy groups -OCH3 is 2. The molecule has 3 heterocycles. The van der Waals surface area contributed by atoms with Gasteiger partial charge in [-0.15, -0.1) is 0 Å². The van der Waals surface area contributed by atoms with Crippen LogP contribution in [0.25, 0.3) is 11.0 Å². The van der Waals surface area contributed by atoms with Gasteiger partial charge in [0.2, 0.25) is 0 Å². The molecule has 3 aromatic heterocycles. The van der Waals surface area contributed by atoms with Crippen molar-refractivity contribution >= 4 is 34.6 Å². The number of esters is 2. The minimum absolute atomic E-state index is 0.452. The molecule has 0 aliphatic rings. The zero-order valence-corrected chi connectivity index (χ0v) is 14.9. The summed E-state index contributed by atoms with van der Waals surface area (Å²) in [7, 11) is 2.45. The molecule has 0 saturated carbocycles. The Labute approximate surface area is 154 Å². The first-order valence-corrected chi connectivity index (χ1v) is 8.13. The highest BCUT2D eigenvalue weighted by Gasteiger charge is 2.40. The molecule has 7 nitrogen and oxygen atoms in total. The highest BCUT2D eigenvalue weighted by Crippen LogP contribution is 2.39. The lowest BCUT2D eigenvalue weighted by Gasteiger charge is -2.23. The van der Waals surface area contributed by atoms with Crippen LogP contribution in [0.1, 0.15) is 17.0 Å². The molecule has 0 fully saturated rings. The van der Waals surface area contributed by atoms with Crippen molar-refractivity contribution in [2.24, 2.45) is 5.92 Å². The fourth-order valence-electron chi connectivity index (χ4n) is 3.02. The van der Waals surface area contributed by atoms with Gasteiger partial charge >= 0.3 is 11.9 Å². The number of carbonyl (C=O) groups is 2. The summed E-state index contributed by atoms with van der Waals surface area (Å²) in [5.74, 6) is -3.34. The number of aromatic amines is 1. The van der Waals surface area contributed by atoms with E-state index >= 15 is 0 Å². The Bertz CT molecular complexity index is 926. The Balaban J connectivity index is 2.27. The molecule has 1 N–H and O–H groups in total. The Kier molecular flexibility index (Phi) is 5.18. The first kappa shape index (κ1) is 17.9. The topological polar surface area (TPSA) is 94.2 Å². The van der Waals surface area contributed by atoms with Crippen LogP contribution >= 0.6 is 11.6 Å². The summed E-state index contributed by atoms with van der Waals surface area (Å²) in [5.41, 5.74) is 1.83. The van der Waals surface area contributed by atoms with E-state index in [0.29, 0.717) is 27.2 Å². The van der Waals surface area contributed by atoms with Gasteiger partial charge in [-0.25, -0.2) is 4.98 Å². The lowest BCUT2D eigenvalue weighted by Crippen LogP contribution is -2.33. The number of pyridine rings is 2. The summed E-state index contributed by atoms with van der Waals surface area (Å²) in [6, 6.07) is 5.15. The lowest BCUT2D eigenvalue weighted by atomic mass is 9.81. The quantitative estimate of drug-likeness (QED) is 0.546. The van der Waals surface area contributed by atoms with Crippen molar-refractivity contribution in [1.82, 2.24) is 15.0 Å². The molecular formula is C18H16ClN3O4. The van der Waals surface area contributed by atoms with Crippen molar-refractivity contribution in [3.8, 4) is 0 Å². The Hall–Kier alpha value is -2.93. The smallest absolute Gasteiger partial charge is 0.321 e. The lowest BCUT2D eigenvalue weighted by molar-refractivity contribution is -0.159. The first-order valence-electron chi connectivity index (χ1n) is 7.75. The van der Waals surface area contributed by atoms with E-state index in [-0.39, 0.29) is 0 Å². The Morgan fingerprint density at radius 2 is 1.88 bits per heavy atom. The number of nitrogens with zero attached hydrogens (tertiary/aromatic N) is 2. The normalized spacial score (nSPS) is 12.2. The predicted molar refractivity (Wildman–Crippen MR) is 94.7 cm³/mol. The van der Waals surface area contributed by atoms with Gasteiger partial charge < -0.3 is 14.5 Å². The molecule has 0 amide bonds. The van der Waals surface area contributed by atoms with Crippen molar-refractivity contribution < 1.29 is 19.1 Å². The SMILES string of the molecule is COC(=O)C(C(=O)OC)C(c1cccnc1)c1c[nH]c2nccc(Cl)c12. The van der Waals surface area contributed by atoms with Gasteiger partial charge in [-0.3, -0.25) is 14.6 Å². The molecule has 0 radical (unpaired) electrons. The third-order valence-electron chi connectivity index (χ3n) is 4.18. The zero-order valence-electron chi connectivity index (χ0n) is 14.1. The summed E-state index contributed by atoms with van der Waals surface area (Å²) in [4.78, 5) is 36.3. The number of hydrogen-bond donors (Lipinski definition) is 1. The molecule has 0 aromatic carbocycles. The Morgan fingerprint density at radius 3 is 2.50 bits per heavy atom. The third kappa shape index (κ3) is 3.13. The molecule has 0 spiro atoms. The number of H-pyrrole nitrogens is 1. The number of nitrogens with one attached hydrogen (secondary N) is 1. The van der Waals surface area contributed by atoms with E-state index in [2.05, 4.69) is 15.0 Å². The summed E-state index contributed by atoms with van der Waals surface area (Å²) in [6.45, 7) is 0. The molecule has 134 valence electrons. The maximum Gasteiger partial charge on any atom is 0.321 e. The number of ether oxygens (including phenoxy) is 2. The Morgan fingerprint density at radius 1 is 1.15 bits per heavy atom. The van der Waals surface area contributed by atoms with Crippen LogP contribution in [0.2, 0.25) is 5.02 Å². The summed E-state index contributed by atoms with van der Waals surface area (Å²) >= 11 is 6.36. The molecule has 1 atom stereocenters. The molecule has 3 aromatic rings. The highest BCUT2D eigenvalue weighted by atomic mass is 35.5. The number of hydrogen-bond acceptors (Lipinski definition) is 6. The fraction of sp³-hybridized carbons (Fsp3) is 0.222. The molecule has 0 aliphatic heterocycles. The second kappa shape index (κ2) is 7.53. The van der Waals surface area contributed by atoms with Crippen molar-refractivity contribution in [3.05, 3.63) is 59.1 Å². The zero-order chi connectivity index (χ0) is 18.7. The molecule has 1 unspecified atom stereocenters. The van der Waals surface area contributed by atoms with Gasteiger partial charge in [0.25, 0.3) is 0 Å². The molecule has 0 saturated heterocycles. The van der Waals surface area contributed by atoms with E-state index in [1.807, 2.05) is 0 Å². The number of aromatic nitrogens is 3. The van der Waals surface area contributed by atoms with Crippen LogP contribution in [0, 0.1) is 5.92 Å². The van der Waals surface area contributed by atoms with Crippen LogP contribution in [0.3, 0.4) is 0 Å². The maximum atomic E-state index is 12.4. The van der Waals surface area contributed by atoms with E-state index in [1.54, 1.807) is 43.0 Å². The van der Waals surface area contributed by atoms with Crippen LogP contribution in [0.4, 0.5) is 0 Å². The average Bonchev–Trinajstić information content (AvgIpc) is 3.10. The van der Waals surface area contributed by atoms with Gasteiger partial charge in [0.15, 0.2) is 5.92 Å². The number of halogens is 1. The van der Waals surface area contributed by atoms with Crippen molar-refractivity contribution in [1.29, 1.82) is 0 Å². The van der Waals surface area contributed by atoms with E-state index in [9.17, 15) is 9.59 Å². The number of carbonyl (C=O) groups excluding carboxylic acids is 2. The maximum absolute atomic E-state index is 12.4. The van der Waals surface area contributed by atoms with E-state index in [4.69, 9.17) is 21.1 Å². The molecule has 8 heteroatoms. The second-order valence-electron chi connectivity index (χ2n) is 5.55. The van der Waals surface area contributed by atoms with Crippen LogP contribution in [0.5, 0.6) is 0 Å². The van der Waals surface area contributed by atoms with Gasteiger partial charge in [-0.1, -0.05) is 17.7 Å². The molecule has 26 heavy (non-hydrogen) atoms. The van der Waals surface area contributed by atoms with Crippen molar-refractivity contribution in [2.45, 2.75) is 5.92 Å². The molecule has 3 rings (SSSR count). The van der Waals surface area contributed by atoms with Crippen LogP contribution in [0.15, 0.2) is 43.0 Å². The highest BCUT2D eigenvalue weighted by molar-refractivity contribution is 6.35. The predicted octanol–water partition coefficient (Wildman–Crippen LogP) is 2.71. The fourth-order valence-corrected chi connectivity index (χ4v) is 3.27. The van der Waals surface area contributed by atoms with E-state index in [0.717, 1.165) is 0 Å². The molecular weight excluding hydrogens is 358 g/mol. The molecule has 0 aliphatic carbocycles. The van der Waals surface area contributed by atoms with Gasteiger partial charge in [0, 0.05) is 36.1 Å². The minimum atomic E-state index is -1.22. The summed E-state index contributed by atoms with van der Waals surface area (Å²) < 4.78 is 9.72. The average molecular weight is 374 g/mol.